The number of hydrazone groups is 1. The van der Waals surface area contributed by atoms with Gasteiger partial charge in [0.2, 0.25) is 0 Å². The van der Waals surface area contributed by atoms with Crippen LogP contribution in [0.5, 0.6) is 0 Å². The molecule has 0 aliphatic carbocycles. The Hall–Kier alpha value is -2.08. The number of hydrogen-bond acceptors (Lipinski definition) is 5. The minimum atomic E-state index is -0.976. The lowest BCUT2D eigenvalue weighted by molar-refractivity contribution is -0.131. The van der Waals surface area contributed by atoms with Gasteiger partial charge < -0.3 is 20.7 Å². The Balaban J connectivity index is 0.000000224. The molecule has 1 aliphatic heterocycles. The van der Waals surface area contributed by atoms with E-state index in [1.165, 1.54) is 12.3 Å². The zero-order chi connectivity index (χ0) is 16.8. The average Bonchev–Trinajstić information content (AvgIpc) is 2.86. The first-order valence-electron chi connectivity index (χ1n) is 7.13. The third-order valence-corrected chi connectivity index (χ3v) is 3.08. The van der Waals surface area contributed by atoms with Crippen LogP contribution in [0.4, 0.5) is 0 Å². The molecular weight excluding hydrogens is 282 g/mol. The first-order valence-corrected chi connectivity index (χ1v) is 7.13. The van der Waals surface area contributed by atoms with Crippen LogP contribution in [-0.4, -0.2) is 27.9 Å². The summed E-state index contributed by atoms with van der Waals surface area (Å²) in [7, 11) is 0. The summed E-state index contributed by atoms with van der Waals surface area (Å²) in [6, 6.07) is 3.38. The van der Waals surface area contributed by atoms with Gasteiger partial charge in [0.1, 0.15) is 5.76 Å². The van der Waals surface area contributed by atoms with Gasteiger partial charge in [-0.3, -0.25) is 0 Å². The van der Waals surface area contributed by atoms with Crippen LogP contribution in [0.2, 0.25) is 0 Å². The lowest BCUT2D eigenvalue weighted by atomic mass is 9.81. The van der Waals surface area contributed by atoms with Crippen molar-refractivity contribution in [1.82, 2.24) is 5.32 Å². The Morgan fingerprint density at radius 3 is 2.36 bits per heavy atom. The summed E-state index contributed by atoms with van der Waals surface area (Å²) in [6.07, 6.45) is 5.81. The van der Waals surface area contributed by atoms with Crippen LogP contribution in [0.25, 0.3) is 6.08 Å². The molecule has 0 bridgehead atoms. The van der Waals surface area contributed by atoms with Gasteiger partial charge in [-0.1, -0.05) is 0 Å². The second-order valence-electron chi connectivity index (χ2n) is 6.63. The number of nitrogens with zero attached hydrogens (tertiary/aromatic N) is 1. The van der Waals surface area contributed by atoms with Gasteiger partial charge >= 0.3 is 5.97 Å². The Kier molecular flexibility index (Phi) is 5.93. The molecule has 1 fully saturated rings. The van der Waals surface area contributed by atoms with E-state index in [1.807, 2.05) is 0 Å². The van der Waals surface area contributed by atoms with E-state index in [1.54, 1.807) is 12.1 Å². The summed E-state index contributed by atoms with van der Waals surface area (Å²) in [5.41, 5.74) is 1.36. The molecule has 0 saturated carbocycles. The lowest BCUT2D eigenvalue weighted by Gasteiger charge is -2.42. The van der Waals surface area contributed by atoms with E-state index in [0.29, 0.717) is 5.76 Å². The van der Waals surface area contributed by atoms with Crippen molar-refractivity contribution in [1.29, 1.82) is 0 Å². The molecule has 2 rings (SSSR count). The van der Waals surface area contributed by atoms with Crippen LogP contribution >= 0.6 is 0 Å². The highest BCUT2D eigenvalue weighted by Gasteiger charge is 2.35. The standard InChI is InChI=1S/C9H19N3.C7H6O3/c1-8(2)5-7(11-10)6-9(3,4)12-8;8-7(9)4-3-6-2-1-5-10-6/h12H,5-6,10H2,1-4H3;1-5H,(H,8,9)/b;4-3+. The number of nitrogens with two attached hydrogens (primary N) is 1. The maximum atomic E-state index is 9.97. The van der Waals surface area contributed by atoms with E-state index in [9.17, 15) is 4.79 Å². The third kappa shape index (κ3) is 6.58. The van der Waals surface area contributed by atoms with Crippen molar-refractivity contribution in [3.63, 3.8) is 0 Å². The number of aliphatic carboxylic acids is 1. The van der Waals surface area contributed by atoms with Crippen molar-refractivity contribution in [2.75, 3.05) is 0 Å². The molecule has 0 unspecified atom stereocenters. The number of rotatable bonds is 2. The molecule has 1 aliphatic rings. The Bertz CT molecular complexity index is 525. The van der Waals surface area contributed by atoms with Gasteiger partial charge in [0.05, 0.1) is 6.26 Å². The van der Waals surface area contributed by atoms with Crippen molar-refractivity contribution in [3.05, 3.63) is 30.2 Å². The molecule has 0 spiro atoms. The maximum Gasteiger partial charge on any atom is 0.328 e. The molecule has 122 valence electrons. The summed E-state index contributed by atoms with van der Waals surface area (Å²) >= 11 is 0. The van der Waals surface area contributed by atoms with Crippen molar-refractivity contribution >= 4 is 17.8 Å². The first-order chi connectivity index (χ1) is 10.1. The topological polar surface area (TPSA) is 101 Å². The van der Waals surface area contributed by atoms with Crippen LogP contribution < -0.4 is 11.2 Å². The molecule has 0 radical (unpaired) electrons. The highest BCUT2D eigenvalue weighted by molar-refractivity contribution is 5.87. The molecule has 2 heterocycles. The fraction of sp³-hybridized carbons (Fsp3) is 0.500. The molecule has 1 aromatic heterocycles. The van der Waals surface area contributed by atoms with Crippen LogP contribution in [-0.2, 0) is 4.79 Å². The summed E-state index contributed by atoms with van der Waals surface area (Å²) in [5, 5.41) is 15.6. The smallest absolute Gasteiger partial charge is 0.328 e. The molecule has 0 atom stereocenters. The Labute approximate surface area is 131 Å². The lowest BCUT2D eigenvalue weighted by Crippen LogP contribution is -2.58. The van der Waals surface area contributed by atoms with Crippen LogP contribution in [0.1, 0.15) is 46.3 Å². The second kappa shape index (κ2) is 7.26. The fourth-order valence-corrected chi connectivity index (χ4v) is 2.72. The molecule has 1 aromatic rings. The van der Waals surface area contributed by atoms with E-state index in [4.69, 9.17) is 15.4 Å². The zero-order valence-electron chi connectivity index (χ0n) is 13.6. The molecule has 6 nitrogen and oxygen atoms in total. The molecule has 0 aromatic carbocycles. The van der Waals surface area contributed by atoms with E-state index in [0.717, 1.165) is 24.6 Å². The van der Waals surface area contributed by atoms with Gasteiger partial charge in [-0.2, -0.15) is 5.10 Å². The number of carbonyl (C=O) groups is 1. The van der Waals surface area contributed by atoms with Gasteiger partial charge in [-0.05, 0) is 45.9 Å². The van der Waals surface area contributed by atoms with Crippen molar-refractivity contribution < 1.29 is 14.3 Å². The largest absolute Gasteiger partial charge is 0.478 e. The van der Waals surface area contributed by atoms with Gasteiger partial charge in [0.15, 0.2) is 0 Å². The van der Waals surface area contributed by atoms with Gasteiger partial charge in [0, 0.05) is 35.7 Å². The second-order valence-corrected chi connectivity index (χ2v) is 6.63. The summed E-state index contributed by atoms with van der Waals surface area (Å²) in [6.45, 7) is 8.72. The van der Waals surface area contributed by atoms with Crippen LogP contribution in [0.15, 0.2) is 34.0 Å². The normalized spacial score (nSPS) is 19.4. The van der Waals surface area contributed by atoms with E-state index in [-0.39, 0.29) is 11.1 Å². The first kappa shape index (κ1) is 18.0. The number of hydrogen-bond donors (Lipinski definition) is 3. The van der Waals surface area contributed by atoms with Crippen LogP contribution in [0.3, 0.4) is 0 Å². The monoisotopic (exact) mass is 307 g/mol. The summed E-state index contributed by atoms with van der Waals surface area (Å²) in [5.74, 6) is 4.87. The van der Waals surface area contributed by atoms with Crippen LogP contribution in [0, 0.1) is 0 Å². The zero-order valence-corrected chi connectivity index (χ0v) is 13.6. The molecule has 22 heavy (non-hydrogen) atoms. The van der Waals surface area contributed by atoms with Gasteiger partial charge in [-0.25, -0.2) is 4.79 Å². The molecule has 0 amide bonds. The van der Waals surface area contributed by atoms with E-state index < -0.39 is 5.97 Å². The predicted octanol–water partition coefficient (Wildman–Crippen LogP) is 2.62. The Morgan fingerprint density at radius 2 is 1.95 bits per heavy atom. The van der Waals surface area contributed by atoms with Gasteiger partial charge in [-0.15, -0.1) is 0 Å². The molecule has 1 saturated heterocycles. The van der Waals surface area contributed by atoms with E-state index >= 15 is 0 Å². The Morgan fingerprint density at radius 1 is 1.36 bits per heavy atom. The van der Waals surface area contributed by atoms with Crippen molar-refractivity contribution in [2.24, 2.45) is 10.9 Å². The quantitative estimate of drug-likeness (QED) is 0.443. The molecule has 4 N–H and O–H groups in total. The van der Waals surface area contributed by atoms with Crippen molar-refractivity contribution in [3.8, 4) is 0 Å². The third-order valence-electron chi connectivity index (χ3n) is 3.08. The van der Waals surface area contributed by atoms with Gasteiger partial charge in [0.25, 0.3) is 0 Å². The predicted molar refractivity (Wildman–Crippen MR) is 87.5 cm³/mol. The summed E-state index contributed by atoms with van der Waals surface area (Å²) in [4.78, 5) is 9.97. The average molecular weight is 307 g/mol. The molecule has 6 heteroatoms. The highest BCUT2D eigenvalue weighted by Crippen LogP contribution is 2.25. The fourth-order valence-electron chi connectivity index (χ4n) is 2.72. The maximum absolute atomic E-state index is 9.97. The number of nitrogens with one attached hydrogen (secondary N) is 1. The number of carboxylic acids is 1. The minimum Gasteiger partial charge on any atom is -0.478 e. The van der Waals surface area contributed by atoms with E-state index in [2.05, 4.69) is 38.1 Å². The summed E-state index contributed by atoms with van der Waals surface area (Å²) < 4.78 is 4.83. The SMILES string of the molecule is CC1(C)CC(=NN)CC(C)(C)N1.O=C(O)/C=C/c1ccco1. The molecular formula is C16H25N3O3. The van der Waals surface area contributed by atoms with Crippen molar-refractivity contribution in [2.45, 2.75) is 51.6 Å². The highest BCUT2D eigenvalue weighted by atomic mass is 16.4. The minimum absolute atomic E-state index is 0.125. The number of piperidine rings is 1. The number of furan rings is 1. The number of carboxylic acid groups (broad SMARTS) is 1.